The van der Waals surface area contributed by atoms with Crippen molar-refractivity contribution in [3.63, 3.8) is 0 Å². The van der Waals surface area contributed by atoms with E-state index in [1.54, 1.807) is 0 Å². The molecule has 4 rings (SSSR count). The fourth-order valence-electron chi connectivity index (χ4n) is 3.56. The summed E-state index contributed by atoms with van der Waals surface area (Å²) < 4.78 is 5.44. The summed E-state index contributed by atoms with van der Waals surface area (Å²) in [6.45, 7) is 4.70. The van der Waals surface area contributed by atoms with E-state index in [-0.39, 0.29) is 17.9 Å². The van der Waals surface area contributed by atoms with Gasteiger partial charge in [-0.25, -0.2) is 9.97 Å². The molecule has 2 fully saturated rings. The Kier molecular flexibility index (Phi) is 4.41. The summed E-state index contributed by atoms with van der Waals surface area (Å²) in [4.78, 5) is 13.5. The molecule has 0 amide bonds. The third kappa shape index (κ3) is 3.66. The largest absolute Gasteiger partial charge is 0.393 e. The Balaban J connectivity index is 1.37. The van der Waals surface area contributed by atoms with Gasteiger partial charge in [-0.15, -0.1) is 0 Å². The van der Waals surface area contributed by atoms with E-state index in [2.05, 4.69) is 32.3 Å². The van der Waals surface area contributed by atoms with E-state index in [0.29, 0.717) is 30.7 Å². The average molecular weight is 343 g/mol. The van der Waals surface area contributed by atoms with E-state index in [0.717, 1.165) is 42.9 Å². The topological polar surface area (TPSA) is 97.0 Å². The van der Waals surface area contributed by atoms with Crippen LogP contribution in [0.3, 0.4) is 0 Å². The molecule has 0 aromatic carbocycles. The van der Waals surface area contributed by atoms with Gasteiger partial charge in [0.05, 0.1) is 6.10 Å². The Morgan fingerprint density at radius 1 is 1.20 bits per heavy atom. The van der Waals surface area contributed by atoms with Crippen LogP contribution in [-0.4, -0.2) is 37.9 Å². The fraction of sp³-hybridized carbons (Fsp3) is 0.667. The molecule has 2 N–H and O–H groups in total. The maximum Gasteiger partial charge on any atom is 0.229 e. The third-order valence-corrected chi connectivity index (χ3v) is 5.20. The molecule has 2 heterocycles. The Labute approximate surface area is 147 Å². The van der Waals surface area contributed by atoms with Gasteiger partial charge in [0.15, 0.2) is 5.82 Å². The van der Waals surface area contributed by atoms with Gasteiger partial charge in [0, 0.05) is 35.7 Å². The smallest absolute Gasteiger partial charge is 0.229 e. The number of rotatable bonds is 6. The van der Waals surface area contributed by atoms with Crippen LogP contribution in [0.4, 0.5) is 5.95 Å². The van der Waals surface area contributed by atoms with Gasteiger partial charge in [-0.1, -0.05) is 12.1 Å². The molecule has 25 heavy (non-hydrogen) atoms. The number of anilines is 1. The minimum atomic E-state index is -0.371. The standard InChI is InChI=1S/C18H25N5O2/c1-3-14-6-10(2)20-18(21-14)19-9-13-7-12(8-15(13)24)17-22-16(23-25-17)11-4-5-11/h6,11-13,15,24H,3-5,7-9H2,1-2H3,(H,19,20,21)/t12-,13+,15+/m0/s1. The molecule has 134 valence electrons. The Morgan fingerprint density at radius 3 is 2.80 bits per heavy atom. The number of aliphatic hydroxyl groups is 1. The van der Waals surface area contributed by atoms with Gasteiger partial charge < -0.3 is 14.9 Å². The van der Waals surface area contributed by atoms with Crippen molar-refractivity contribution >= 4 is 5.95 Å². The zero-order chi connectivity index (χ0) is 17.4. The molecule has 0 unspecified atom stereocenters. The fourth-order valence-corrected chi connectivity index (χ4v) is 3.56. The van der Waals surface area contributed by atoms with Crippen LogP contribution in [-0.2, 0) is 6.42 Å². The van der Waals surface area contributed by atoms with Gasteiger partial charge in [0.25, 0.3) is 0 Å². The van der Waals surface area contributed by atoms with Crippen LogP contribution in [0, 0.1) is 12.8 Å². The second kappa shape index (κ2) is 6.71. The first-order valence-corrected chi connectivity index (χ1v) is 9.22. The first-order valence-electron chi connectivity index (χ1n) is 9.22. The number of aliphatic hydroxyl groups excluding tert-OH is 1. The van der Waals surface area contributed by atoms with Crippen molar-refractivity contribution in [3.8, 4) is 0 Å². The number of aryl methyl sites for hydroxylation is 2. The van der Waals surface area contributed by atoms with Crippen LogP contribution in [0.2, 0.25) is 0 Å². The van der Waals surface area contributed by atoms with Crippen LogP contribution in [0.1, 0.15) is 67.5 Å². The van der Waals surface area contributed by atoms with Gasteiger partial charge in [0.1, 0.15) is 0 Å². The first kappa shape index (κ1) is 16.4. The van der Waals surface area contributed by atoms with Crippen LogP contribution >= 0.6 is 0 Å². The molecule has 0 spiro atoms. The summed E-state index contributed by atoms with van der Waals surface area (Å²) in [5.74, 6) is 2.94. The van der Waals surface area contributed by atoms with Crippen molar-refractivity contribution in [2.24, 2.45) is 5.92 Å². The van der Waals surface area contributed by atoms with E-state index >= 15 is 0 Å². The summed E-state index contributed by atoms with van der Waals surface area (Å²) in [6.07, 6.45) is 4.35. The van der Waals surface area contributed by atoms with Crippen LogP contribution in [0.5, 0.6) is 0 Å². The van der Waals surface area contributed by atoms with E-state index in [1.807, 2.05) is 13.0 Å². The summed E-state index contributed by atoms with van der Waals surface area (Å²) in [7, 11) is 0. The SMILES string of the molecule is CCc1cc(C)nc(NC[C@H]2C[C@H](c3nc(C4CC4)no3)C[C@H]2O)n1. The quantitative estimate of drug-likeness (QED) is 0.832. The lowest BCUT2D eigenvalue weighted by atomic mass is 10.0. The molecular weight excluding hydrogens is 318 g/mol. The lowest BCUT2D eigenvalue weighted by Crippen LogP contribution is -2.23. The Bertz CT molecular complexity index is 743. The van der Waals surface area contributed by atoms with Gasteiger partial charge in [-0.3, -0.25) is 0 Å². The number of aromatic nitrogens is 4. The first-order chi connectivity index (χ1) is 12.1. The Hall–Kier alpha value is -2.02. The third-order valence-electron chi connectivity index (χ3n) is 5.20. The molecule has 0 radical (unpaired) electrons. The van der Waals surface area contributed by atoms with E-state index in [9.17, 15) is 5.11 Å². The zero-order valence-corrected chi connectivity index (χ0v) is 14.8. The molecule has 7 nitrogen and oxygen atoms in total. The lowest BCUT2D eigenvalue weighted by molar-refractivity contribution is 0.137. The molecule has 0 saturated heterocycles. The molecule has 2 aromatic rings. The summed E-state index contributed by atoms with van der Waals surface area (Å²) in [6, 6.07) is 2.00. The molecule has 2 saturated carbocycles. The van der Waals surface area contributed by atoms with Crippen molar-refractivity contribution in [2.75, 3.05) is 11.9 Å². The lowest BCUT2D eigenvalue weighted by Gasteiger charge is -2.15. The second-order valence-electron chi connectivity index (χ2n) is 7.32. The maximum atomic E-state index is 10.4. The van der Waals surface area contributed by atoms with Gasteiger partial charge in [0.2, 0.25) is 11.8 Å². The number of hydrogen-bond acceptors (Lipinski definition) is 7. The summed E-state index contributed by atoms with van der Waals surface area (Å²) in [5, 5.41) is 17.8. The predicted molar refractivity (Wildman–Crippen MR) is 92.4 cm³/mol. The van der Waals surface area contributed by atoms with E-state index < -0.39 is 0 Å². The van der Waals surface area contributed by atoms with Gasteiger partial charge in [-0.2, -0.15) is 4.98 Å². The van der Waals surface area contributed by atoms with Gasteiger partial charge in [-0.05, 0) is 45.1 Å². The minimum absolute atomic E-state index is 0.135. The van der Waals surface area contributed by atoms with Crippen molar-refractivity contribution in [2.45, 2.75) is 63.9 Å². The minimum Gasteiger partial charge on any atom is -0.393 e. The van der Waals surface area contributed by atoms with Crippen molar-refractivity contribution in [1.29, 1.82) is 0 Å². The highest BCUT2D eigenvalue weighted by Gasteiger charge is 2.38. The average Bonchev–Trinajstić information content (AvgIpc) is 3.21. The summed E-state index contributed by atoms with van der Waals surface area (Å²) >= 11 is 0. The maximum absolute atomic E-state index is 10.4. The summed E-state index contributed by atoms with van der Waals surface area (Å²) in [5.41, 5.74) is 1.98. The molecule has 0 aliphatic heterocycles. The molecule has 2 aromatic heterocycles. The molecule has 7 heteroatoms. The van der Waals surface area contributed by atoms with Crippen molar-refractivity contribution < 1.29 is 9.63 Å². The van der Waals surface area contributed by atoms with Crippen molar-refractivity contribution in [1.82, 2.24) is 20.1 Å². The normalized spacial score (nSPS) is 26.1. The highest BCUT2D eigenvalue weighted by molar-refractivity contribution is 5.28. The predicted octanol–water partition coefficient (Wildman–Crippen LogP) is 2.57. The monoisotopic (exact) mass is 343 g/mol. The van der Waals surface area contributed by atoms with Crippen LogP contribution < -0.4 is 5.32 Å². The van der Waals surface area contributed by atoms with E-state index in [4.69, 9.17) is 4.52 Å². The molecule has 2 aliphatic carbocycles. The van der Waals surface area contributed by atoms with Crippen LogP contribution in [0.25, 0.3) is 0 Å². The second-order valence-corrected chi connectivity index (χ2v) is 7.32. The van der Waals surface area contributed by atoms with E-state index in [1.165, 1.54) is 0 Å². The molecule has 3 atom stereocenters. The molecule has 0 bridgehead atoms. The molecule has 2 aliphatic rings. The number of nitrogens with zero attached hydrogens (tertiary/aromatic N) is 4. The Morgan fingerprint density at radius 2 is 2.04 bits per heavy atom. The highest BCUT2D eigenvalue weighted by atomic mass is 16.5. The van der Waals surface area contributed by atoms with Gasteiger partial charge >= 0.3 is 0 Å². The van der Waals surface area contributed by atoms with Crippen molar-refractivity contribution in [3.05, 3.63) is 29.2 Å². The zero-order valence-electron chi connectivity index (χ0n) is 14.8. The number of nitrogens with one attached hydrogen (secondary N) is 1. The number of hydrogen-bond donors (Lipinski definition) is 2. The van der Waals surface area contributed by atoms with Crippen LogP contribution in [0.15, 0.2) is 10.6 Å². The molecular formula is C18H25N5O2. The highest BCUT2D eigenvalue weighted by Crippen LogP contribution is 2.41.